The highest BCUT2D eigenvalue weighted by Gasteiger charge is 2.21. The number of anilines is 1. The second kappa shape index (κ2) is 8.53. The number of hydrogen-bond acceptors (Lipinski definition) is 2. The number of hydrogen-bond donors (Lipinski definition) is 2. The van der Waals surface area contributed by atoms with E-state index in [2.05, 4.69) is 23.7 Å². The SMILES string of the molecule is Cc1cccc(NC(=O)C[NH+](C)CC(=O)c2cc(C)n(C(C)C)c2C)c1C. The molecule has 27 heavy (non-hydrogen) atoms. The van der Waals surface area contributed by atoms with Crippen molar-refractivity contribution in [3.05, 3.63) is 52.3 Å². The quantitative estimate of drug-likeness (QED) is 0.736. The first-order chi connectivity index (χ1) is 12.6. The number of carbonyl (C=O) groups is 2. The molecular formula is C22H32N3O2+. The van der Waals surface area contributed by atoms with Crippen LogP contribution in [0.25, 0.3) is 0 Å². The van der Waals surface area contributed by atoms with Crippen LogP contribution in [0.4, 0.5) is 5.69 Å². The zero-order valence-corrected chi connectivity index (χ0v) is 17.6. The number of nitrogens with zero attached hydrogens (tertiary/aromatic N) is 1. The van der Waals surface area contributed by atoms with Crippen LogP contribution in [0.2, 0.25) is 0 Å². The number of rotatable bonds is 7. The number of quaternary nitrogens is 1. The Labute approximate surface area is 162 Å². The third kappa shape index (κ3) is 4.86. The Morgan fingerprint density at radius 2 is 1.78 bits per heavy atom. The fraction of sp³-hybridized carbons (Fsp3) is 0.455. The summed E-state index contributed by atoms with van der Waals surface area (Å²) in [6.07, 6.45) is 0. The summed E-state index contributed by atoms with van der Waals surface area (Å²) in [6, 6.07) is 8.14. The highest BCUT2D eigenvalue weighted by Crippen LogP contribution is 2.20. The molecule has 0 spiro atoms. The Morgan fingerprint density at radius 3 is 2.37 bits per heavy atom. The van der Waals surface area contributed by atoms with Gasteiger partial charge < -0.3 is 14.8 Å². The molecule has 1 heterocycles. The van der Waals surface area contributed by atoms with Crippen LogP contribution in [0.15, 0.2) is 24.3 Å². The summed E-state index contributed by atoms with van der Waals surface area (Å²) in [6.45, 7) is 12.8. The van der Waals surface area contributed by atoms with Gasteiger partial charge in [0.2, 0.25) is 5.78 Å². The lowest BCUT2D eigenvalue weighted by molar-refractivity contribution is -0.861. The third-order valence-corrected chi connectivity index (χ3v) is 5.10. The van der Waals surface area contributed by atoms with Crippen LogP contribution >= 0.6 is 0 Å². The minimum Gasteiger partial charge on any atom is -0.346 e. The average Bonchev–Trinajstić information content (AvgIpc) is 2.86. The highest BCUT2D eigenvalue weighted by atomic mass is 16.2. The van der Waals surface area contributed by atoms with E-state index in [1.54, 1.807) is 0 Å². The molecule has 5 nitrogen and oxygen atoms in total. The van der Waals surface area contributed by atoms with E-state index >= 15 is 0 Å². The summed E-state index contributed by atoms with van der Waals surface area (Å²) in [7, 11) is 1.88. The molecule has 0 radical (unpaired) electrons. The minimum atomic E-state index is -0.0818. The summed E-state index contributed by atoms with van der Waals surface area (Å²) in [5.41, 5.74) is 5.90. The Morgan fingerprint density at radius 1 is 1.11 bits per heavy atom. The normalized spacial score (nSPS) is 12.3. The van der Waals surface area contributed by atoms with E-state index in [9.17, 15) is 9.59 Å². The van der Waals surface area contributed by atoms with Crippen LogP contribution < -0.4 is 10.2 Å². The minimum absolute atomic E-state index is 0.0760. The fourth-order valence-corrected chi connectivity index (χ4v) is 3.64. The molecule has 146 valence electrons. The maximum Gasteiger partial charge on any atom is 0.279 e. The van der Waals surface area contributed by atoms with Crippen molar-refractivity contribution in [3.8, 4) is 0 Å². The molecule has 1 amide bonds. The number of Topliss-reactive ketones (excluding diaryl/α,β-unsaturated/α-hetero) is 1. The largest absolute Gasteiger partial charge is 0.346 e. The van der Waals surface area contributed by atoms with Gasteiger partial charge in [-0.05, 0) is 64.8 Å². The first-order valence-electron chi connectivity index (χ1n) is 9.50. The van der Waals surface area contributed by atoms with Gasteiger partial charge in [0.1, 0.15) is 6.54 Å². The Balaban J connectivity index is 2.00. The van der Waals surface area contributed by atoms with Crippen molar-refractivity contribution in [3.63, 3.8) is 0 Å². The number of nitrogens with one attached hydrogen (secondary N) is 2. The van der Waals surface area contributed by atoms with Crippen LogP contribution in [-0.2, 0) is 4.79 Å². The van der Waals surface area contributed by atoms with Gasteiger partial charge in [-0.2, -0.15) is 0 Å². The second-order valence-electron chi connectivity index (χ2n) is 7.78. The summed E-state index contributed by atoms with van der Waals surface area (Å²) in [4.78, 5) is 26.0. The molecule has 0 saturated heterocycles. The van der Waals surface area contributed by atoms with Crippen LogP contribution in [0.3, 0.4) is 0 Å². The molecule has 0 aliphatic rings. The number of aryl methyl sites for hydroxylation is 2. The van der Waals surface area contributed by atoms with E-state index in [-0.39, 0.29) is 18.2 Å². The monoisotopic (exact) mass is 370 g/mol. The van der Waals surface area contributed by atoms with E-state index in [1.807, 2.05) is 59.0 Å². The predicted molar refractivity (Wildman–Crippen MR) is 110 cm³/mol. The molecule has 0 aliphatic carbocycles. The highest BCUT2D eigenvalue weighted by molar-refractivity contribution is 5.98. The molecule has 1 aromatic heterocycles. The molecule has 0 aliphatic heterocycles. The molecule has 1 unspecified atom stereocenters. The number of ketones is 1. The molecule has 0 saturated carbocycles. The zero-order valence-electron chi connectivity index (χ0n) is 17.6. The van der Waals surface area contributed by atoms with Gasteiger partial charge in [-0.25, -0.2) is 0 Å². The van der Waals surface area contributed by atoms with Gasteiger partial charge in [0.25, 0.3) is 5.91 Å². The second-order valence-corrected chi connectivity index (χ2v) is 7.78. The van der Waals surface area contributed by atoms with Gasteiger partial charge in [0.15, 0.2) is 6.54 Å². The standard InChI is InChI=1S/C22H31N3O2/c1-14(2)25-16(4)11-19(18(25)6)21(26)12-24(7)13-22(27)23-20-10-8-9-15(3)17(20)5/h8-11,14H,12-13H2,1-7H3,(H,23,27)/p+1. The van der Waals surface area contributed by atoms with Crippen molar-refractivity contribution in [2.45, 2.75) is 47.6 Å². The van der Waals surface area contributed by atoms with Crippen molar-refractivity contribution in [1.82, 2.24) is 4.57 Å². The number of carbonyl (C=O) groups excluding carboxylic acids is 2. The van der Waals surface area contributed by atoms with E-state index < -0.39 is 0 Å². The number of aromatic nitrogens is 1. The van der Waals surface area contributed by atoms with Gasteiger partial charge >= 0.3 is 0 Å². The maximum absolute atomic E-state index is 12.7. The van der Waals surface area contributed by atoms with Gasteiger partial charge in [-0.15, -0.1) is 0 Å². The predicted octanol–water partition coefficient (Wildman–Crippen LogP) is 2.64. The first kappa shape index (κ1) is 20.9. The van der Waals surface area contributed by atoms with Crippen LogP contribution in [0, 0.1) is 27.7 Å². The molecule has 2 aromatic rings. The molecule has 1 atom stereocenters. The smallest absolute Gasteiger partial charge is 0.279 e. The van der Waals surface area contributed by atoms with Gasteiger partial charge in [0.05, 0.1) is 7.05 Å². The molecule has 0 fully saturated rings. The van der Waals surface area contributed by atoms with E-state index in [4.69, 9.17) is 0 Å². The topological polar surface area (TPSA) is 55.5 Å². The molecule has 2 N–H and O–H groups in total. The molecule has 1 aromatic carbocycles. The summed E-state index contributed by atoms with van der Waals surface area (Å²) >= 11 is 0. The Hall–Kier alpha value is -2.40. The van der Waals surface area contributed by atoms with Gasteiger partial charge in [0, 0.05) is 28.7 Å². The summed E-state index contributed by atoms with van der Waals surface area (Å²) < 4.78 is 2.18. The van der Waals surface area contributed by atoms with E-state index in [0.29, 0.717) is 12.6 Å². The van der Waals surface area contributed by atoms with Crippen molar-refractivity contribution >= 4 is 17.4 Å². The molecule has 0 bridgehead atoms. The maximum atomic E-state index is 12.7. The fourth-order valence-electron chi connectivity index (χ4n) is 3.64. The zero-order chi connectivity index (χ0) is 20.3. The van der Waals surface area contributed by atoms with Gasteiger partial charge in [-0.3, -0.25) is 9.59 Å². The van der Waals surface area contributed by atoms with Gasteiger partial charge in [-0.1, -0.05) is 12.1 Å². The lowest BCUT2D eigenvalue weighted by Gasteiger charge is -2.15. The number of benzene rings is 1. The molecule has 2 rings (SSSR count). The number of amides is 1. The first-order valence-corrected chi connectivity index (χ1v) is 9.50. The van der Waals surface area contributed by atoms with Crippen molar-refractivity contribution in [2.75, 3.05) is 25.5 Å². The lowest BCUT2D eigenvalue weighted by Crippen LogP contribution is -3.11. The van der Waals surface area contributed by atoms with E-state index in [0.717, 1.165) is 38.7 Å². The Kier molecular flexibility index (Phi) is 6.60. The van der Waals surface area contributed by atoms with Crippen LogP contribution in [0.5, 0.6) is 0 Å². The van der Waals surface area contributed by atoms with Crippen LogP contribution in [-0.4, -0.2) is 36.4 Å². The van der Waals surface area contributed by atoms with Crippen molar-refractivity contribution < 1.29 is 14.5 Å². The summed E-state index contributed by atoms with van der Waals surface area (Å²) in [5.74, 6) is -0.00584. The summed E-state index contributed by atoms with van der Waals surface area (Å²) in [5, 5.41) is 2.96. The Bertz CT molecular complexity index is 849. The molecular weight excluding hydrogens is 338 g/mol. The van der Waals surface area contributed by atoms with Crippen molar-refractivity contribution in [1.29, 1.82) is 0 Å². The average molecular weight is 371 g/mol. The number of likely N-dealkylation sites (N-methyl/N-ethyl adjacent to an activating group) is 1. The third-order valence-electron chi connectivity index (χ3n) is 5.10. The lowest BCUT2D eigenvalue weighted by atomic mass is 10.1. The van der Waals surface area contributed by atoms with Crippen molar-refractivity contribution in [2.24, 2.45) is 0 Å². The van der Waals surface area contributed by atoms with E-state index in [1.165, 1.54) is 0 Å². The van der Waals surface area contributed by atoms with Crippen LogP contribution in [0.1, 0.15) is 52.8 Å². The molecule has 5 heteroatoms.